The molecule has 0 aromatic rings. The van der Waals surface area contributed by atoms with Crippen LogP contribution in [0, 0.1) is 0 Å². The minimum atomic E-state index is -0.675. The molecule has 2 atom stereocenters. The quantitative estimate of drug-likeness (QED) is 0.467. The van der Waals surface area contributed by atoms with Gasteiger partial charge in [-0.2, -0.15) is 0 Å². The number of alkyl halides is 1. The van der Waals surface area contributed by atoms with Gasteiger partial charge in [0.1, 0.15) is 12.2 Å². The second-order valence-electron chi connectivity index (χ2n) is 2.93. The monoisotopic (exact) mass is 178 g/mol. The highest BCUT2D eigenvalue weighted by Crippen LogP contribution is 2.27. The van der Waals surface area contributed by atoms with Gasteiger partial charge in [0.2, 0.25) is 0 Å². The number of aldehydes is 1. The molecule has 0 saturated carbocycles. The smallest absolute Gasteiger partial charge is 0.164 e. The Kier molecular flexibility index (Phi) is 2.52. The van der Waals surface area contributed by atoms with Crippen LogP contribution < -0.4 is 0 Å². The number of rotatable bonds is 2. The Morgan fingerprint density at radius 3 is 2.55 bits per heavy atom. The van der Waals surface area contributed by atoms with Crippen molar-refractivity contribution < 1.29 is 14.3 Å². The summed E-state index contributed by atoms with van der Waals surface area (Å²) in [7, 11) is 0. The maximum atomic E-state index is 10.4. The molecule has 2 unspecified atom stereocenters. The zero-order chi connectivity index (χ0) is 8.48. The number of carbonyl (C=O) groups is 1. The molecule has 0 bridgehead atoms. The van der Waals surface area contributed by atoms with Crippen LogP contribution in [-0.4, -0.2) is 30.2 Å². The van der Waals surface area contributed by atoms with Gasteiger partial charge in [-0.25, -0.2) is 0 Å². The molecule has 0 radical (unpaired) electrons. The molecule has 0 amide bonds. The first kappa shape index (κ1) is 8.97. The highest BCUT2D eigenvalue weighted by atomic mass is 35.5. The van der Waals surface area contributed by atoms with Crippen LogP contribution in [-0.2, 0) is 14.3 Å². The van der Waals surface area contributed by atoms with E-state index >= 15 is 0 Å². The predicted octanol–water partition coefficient (Wildman–Crippen LogP) is 0.944. The van der Waals surface area contributed by atoms with Gasteiger partial charge in [0.25, 0.3) is 0 Å². The first-order chi connectivity index (χ1) is 5.09. The molecule has 1 saturated heterocycles. The van der Waals surface area contributed by atoms with E-state index < -0.39 is 11.9 Å². The van der Waals surface area contributed by atoms with Crippen LogP contribution in [0.1, 0.15) is 13.8 Å². The number of hydrogen-bond acceptors (Lipinski definition) is 3. The first-order valence-corrected chi connectivity index (χ1v) is 3.99. The summed E-state index contributed by atoms with van der Waals surface area (Å²) in [5.41, 5.74) is 0. The average molecular weight is 179 g/mol. The number of carbonyl (C=O) groups excluding carboxylic acids is 1. The molecule has 1 aliphatic heterocycles. The van der Waals surface area contributed by atoms with E-state index in [1.165, 1.54) is 0 Å². The summed E-state index contributed by atoms with van der Waals surface area (Å²) >= 11 is 5.54. The van der Waals surface area contributed by atoms with Crippen molar-refractivity contribution in [2.75, 3.05) is 5.88 Å². The van der Waals surface area contributed by atoms with Gasteiger partial charge in [-0.05, 0) is 13.8 Å². The van der Waals surface area contributed by atoms with E-state index in [9.17, 15) is 4.79 Å². The first-order valence-electron chi connectivity index (χ1n) is 3.46. The van der Waals surface area contributed by atoms with Crippen molar-refractivity contribution in [1.29, 1.82) is 0 Å². The zero-order valence-electron chi connectivity index (χ0n) is 6.54. The van der Waals surface area contributed by atoms with Crippen molar-refractivity contribution in [3.63, 3.8) is 0 Å². The molecule has 64 valence electrons. The Morgan fingerprint density at radius 2 is 2.18 bits per heavy atom. The molecule has 0 aromatic heterocycles. The number of halogens is 1. The summed E-state index contributed by atoms with van der Waals surface area (Å²) in [5.74, 6) is -0.391. The second-order valence-corrected chi connectivity index (χ2v) is 3.24. The highest BCUT2D eigenvalue weighted by molar-refractivity contribution is 6.18. The van der Waals surface area contributed by atoms with Gasteiger partial charge >= 0.3 is 0 Å². The van der Waals surface area contributed by atoms with Crippen LogP contribution in [0.3, 0.4) is 0 Å². The second kappa shape index (κ2) is 3.09. The molecule has 1 aliphatic rings. The molecule has 3 nitrogen and oxygen atoms in total. The summed E-state index contributed by atoms with van der Waals surface area (Å²) in [6, 6.07) is 0. The standard InChI is InChI=1S/C7H11ClO3/c1-7(2)10-5(3-8)6(4-9)11-7/h4-6H,3H2,1-2H3. The molecule has 0 aliphatic carbocycles. The van der Waals surface area contributed by atoms with Crippen molar-refractivity contribution in [3.8, 4) is 0 Å². The van der Waals surface area contributed by atoms with Crippen LogP contribution in [0.2, 0.25) is 0 Å². The Bertz CT molecular complexity index is 158. The normalized spacial score (nSPS) is 35.5. The fourth-order valence-corrected chi connectivity index (χ4v) is 1.34. The van der Waals surface area contributed by atoms with E-state index in [2.05, 4.69) is 0 Å². The van der Waals surface area contributed by atoms with E-state index in [4.69, 9.17) is 21.1 Å². The van der Waals surface area contributed by atoms with E-state index in [0.717, 1.165) is 6.29 Å². The number of hydrogen-bond donors (Lipinski definition) is 0. The molecule has 1 rings (SSSR count). The summed E-state index contributed by atoms with van der Waals surface area (Å²) in [6.45, 7) is 3.52. The van der Waals surface area contributed by atoms with Crippen LogP contribution in [0.4, 0.5) is 0 Å². The molecular formula is C7H11ClO3. The lowest BCUT2D eigenvalue weighted by molar-refractivity contribution is -0.149. The predicted molar refractivity (Wildman–Crippen MR) is 40.6 cm³/mol. The third-order valence-corrected chi connectivity index (χ3v) is 1.81. The topological polar surface area (TPSA) is 35.5 Å². The Balaban J connectivity index is 2.62. The van der Waals surface area contributed by atoms with Gasteiger partial charge < -0.3 is 14.3 Å². The van der Waals surface area contributed by atoms with Gasteiger partial charge in [0.05, 0.1) is 5.88 Å². The summed E-state index contributed by atoms with van der Waals surface area (Å²) in [5, 5.41) is 0. The third kappa shape index (κ3) is 1.92. The molecule has 0 N–H and O–H groups in total. The van der Waals surface area contributed by atoms with Crippen molar-refractivity contribution in [2.45, 2.75) is 31.8 Å². The fraction of sp³-hybridized carbons (Fsp3) is 0.857. The van der Waals surface area contributed by atoms with Crippen molar-refractivity contribution in [1.82, 2.24) is 0 Å². The van der Waals surface area contributed by atoms with Crippen molar-refractivity contribution in [3.05, 3.63) is 0 Å². The average Bonchev–Trinajstić information content (AvgIpc) is 2.25. The SMILES string of the molecule is CC1(C)OC(C=O)C(CCl)O1. The summed E-state index contributed by atoms with van der Waals surface area (Å²) < 4.78 is 10.5. The van der Waals surface area contributed by atoms with E-state index in [0.29, 0.717) is 0 Å². The van der Waals surface area contributed by atoms with Gasteiger partial charge in [0.15, 0.2) is 12.1 Å². The minimum absolute atomic E-state index is 0.285. The molecule has 4 heteroatoms. The van der Waals surface area contributed by atoms with Crippen LogP contribution in [0.25, 0.3) is 0 Å². The Morgan fingerprint density at radius 1 is 1.55 bits per heavy atom. The lowest BCUT2D eigenvalue weighted by atomic mass is 10.2. The van der Waals surface area contributed by atoms with E-state index in [-0.39, 0.29) is 12.0 Å². The van der Waals surface area contributed by atoms with Gasteiger partial charge in [-0.3, -0.25) is 0 Å². The molecular weight excluding hydrogens is 168 g/mol. The van der Waals surface area contributed by atoms with Crippen LogP contribution in [0.5, 0.6) is 0 Å². The summed E-state index contributed by atoms with van der Waals surface area (Å²) in [6.07, 6.45) is -0.0893. The molecule has 1 fully saturated rings. The van der Waals surface area contributed by atoms with Gasteiger partial charge in [-0.15, -0.1) is 11.6 Å². The molecule has 1 heterocycles. The largest absolute Gasteiger partial charge is 0.343 e. The van der Waals surface area contributed by atoms with Gasteiger partial charge in [-0.1, -0.05) is 0 Å². The Labute approximate surface area is 70.6 Å². The summed E-state index contributed by atoms with van der Waals surface area (Å²) in [4.78, 5) is 10.4. The highest BCUT2D eigenvalue weighted by Gasteiger charge is 2.40. The van der Waals surface area contributed by atoms with Crippen molar-refractivity contribution in [2.24, 2.45) is 0 Å². The molecule has 11 heavy (non-hydrogen) atoms. The third-order valence-electron chi connectivity index (χ3n) is 1.51. The Hall–Kier alpha value is -0.120. The maximum Gasteiger partial charge on any atom is 0.164 e. The van der Waals surface area contributed by atoms with E-state index in [1.54, 1.807) is 13.8 Å². The van der Waals surface area contributed by atoms with Crippen molar-refractivity contribution >= 4 is 17.9 Å². The van der Waals surface area contributed by atoms with Crippen LogP contribution in [0.15, 0.2) is 0 Å². The minimum Gasteiger partial charge on any atom is -0.343 e. The van der Waals surface area contributed by atoms with E-state index in [1.807, 2.05) is 0 Å². The van der Waals surface area contributed by atoms with Crippen LogP contribution >= 0.6 is 11.6 Å². The maximum absolute atomic E-state index is 10.4. The number of ether oxygens (including phenoxy) is 2. The van der Waals surface area contributed by atoms with Gasteiger partial charge in [0, 0.05) is 0 Å². The zero-order valence-corrected chi connectivity index (χ0v) is 7.30. The molecule has 0 aromatic carbocycles. The molecule has 0 spiro atoms. The lowest BCUT2D eigenvalue weighted by Gasteiger charge is -2.15. The fourth-order valence-electron chi connectivity index (χ4n) is 1.10. The lowest BCUT2D eigenvalue weighted by Crippen LogP contribution is -2.25.